The van der Waals surface area contributed by atoms with Crippen molar-refractivity contribution in [2.75, 3.05) is 0 Å². The summed E-state index contributed by atoms with van der Waals surface area (Å²) in [7, 11) is 0. The molecule has 0 heterocycles. The van der Waals surface area contributed by atoms with Gasteiger partial charge in [-0.05, 0) is 18.3 Å². The number of rotatable bonds is 4. The molecule has 0 saturated carbocycles. The third-order valence-corrected chi connectivity index (χ3v) is 1.90. The van der Waals surface area contributed by atoms with Gasteiger partial charge < -0.3 is 5.73 Å². The molecule has 0 aliphatic heterocycles. The molecule has 2 nitrogen and oxygen atoms in total. The molecule has 0 aliphatic carbocycles. The van der Waals surface area contributed by atoms with E-state index in [0.717, 1.165) is 6.42 Å². The fourth-order valence-electron chi connectivity index (χ4n) is 1.22. The maximum Gasteiger partial charge on any atom is 0.220 e. The maximum atomic E-state index is 10.9. The summed E-state index contributed by atoms with van der Waals surface area (Å²) in [5.41, 5.74) is 5.25. The van der Waals surface area contributed by atoms with Crippen LogP contribution < -0.4 is 5.73 Å². The molecule has 0 bridgehead atoms. The van der Waals surface area contributed by atoms with Crippen LogP contribution in [0.4, 0.5) is 0 Å². The SMILES string of the molecule is CC(C)CC(C(N)=O)C(C)C. The molecule has 0 saturated heterocycles. The predicted molar refractivity (Wildman–Crippen MR) is 47.0 cm³/mol. The van der Waals surface area contributed by atoms with Crippen molar-refractivity contribution in [1.82, 2.24) is 0 Å². The summed E-state index contributed by atoms with van der Waals surface area (Å²) in [6, 6.07) is 0. The van der Waals surface area contributed by atoms with Crippen LogP contribution >= 0.6 is 0 Å². The van der Waals surface area contributed by atoms with Crippen LogP contribution in [-0.4, -0.2) is 5.91 Å². The molecule has 0 aromatic rings. The second kappa shape index (κ2) is 4.37. The van der Waals surface area contributed by atoms with E-state index in [4.69, 9.17) is 5.73 Å². The minimum absolute atomic E-state index is 0.0509. The van der Waals surface area contributed by atoms with Crippen molar-refractivity contribution in [3.8, 4) is 0 Å². The van der Waals surface area contributed by atoms with E-state index >= 15 is 0 Å². The molecular weight excluding hydrogens is 138 g/mol. The Morgan fingerprint density at radius 3 is 1.82 bits per heavy atom. The summed E-state index contributed by atoms with van der Waals surface area (Å²) in [4.78, 5) is 10.9. The number of carbonyl (C=O) groups is 1. The Morgan fingerprint density at radius 1 is 1.27 bits per heavy atom. The average Bonchev–Trinajstić information content (AvgIpc) is 1.81. The monoisotopic (exact) mass is 157 g/mol. The first-order valence-electron chi connectivity index (χ1n) is 4.24. The normalized spacial score (nSPS) is 14.0. The molecule has 1 amide bonds. The molecule has 2 N–H and O–H groups in total. The van der Waals surface area contributed by atoms with E-state index in [9.17, 15) is 4.79 Å². The van der Waals surface area contributed by atoms with Gasteiger partial charge in [-0.15, -0.1) is 0 Å². The van der Waals surface area contributed by atoms with E-state index in [1.807, 2.05) is 13.8 Å². The lowest BCUT2D eigenvalue weighted by Gasteiger charge is -2.18. The Labute approximate surface area is 69.2 Å². The fraction of sp³-hybridized carbons (Fsp3) is 0.889. The summed E-state index contributed by atoms with van der Waals surface area (Å²) in [6.45, 7) is 8.30. The highest BCUT2D eigenvalue weighted by Crippen LogP contribution is 2.19. The van der Waals surface area contributed by atoms with Gasteiger partial charge in [-0.3, -0.25) is 4.79 Å². The molecule has 0 rings (SSSR count). The van der Waals surface area contributed by atoms with Gasteiger partial charge in [0.15, 0.2) is 0 Å². The zero-order chi connectivity index (χ0) is 9.02. The van der Waals surface area contributed by atoms with Gasteiger partial charge in [0.1, 0.15) is 0 Å². The highest BCUT2D eigenvalue weighted by atomic mass is 16.1. The summed E-state index contributed by atoms with van der Waals surface area (Å²) < 4.78 is 0. The van der Waals surface area contributed by atoms with E-state index in [0.29, 0.717) is 11.8 Å². The molecular formula is C9H19NO. The number of hydrogen-bond donors (Lipinski definition) is 1. The topological polar surface area (TPSA) is 43.1 Å². The zero-order valence-electron chi connectivity index (χ0n) is 7.92. The number of carbonyl (C=O) groups excluding carboxylic acids is 1. The van der Waals surface area contributed by atoms with Crippen molar-refractivity contribution in [3.63, 3.8) is 0 Å². The molecule has 0 aromatic carbocycles. The third kappa shape index (κ3) is 4.02. The molecule has 0 fully saturated rings. The van der Waals surface area contributed by atoms with Crippen LogP contribution in [0.1, 0.15) is 34.1 Å². The first-order valence-corrected chi connectivity index (χ1v) is 4.24. The first-order chi connectivity index (χ1) is 4.95. The smallest absolute Gasteiger partial charge is 0.220 e. The second-order valence-corrected chi connectivity index (χ2v) is 3.88. The molecule has 66 valence electrons. The molecule has 0 spiro atoms. The van der Waals surface area contributed by atoms with Gasteiger partial charge in [-0.2, -0.15) is 0 Å². The maximum absolute atomic E-state index is 10.9. The number of amides is 1. The number of primary amides is 1. The van der Waals surface area contributed by atoms with Crippen molar-refractivity contribution >= 4 is 5.91 Å². The summed E-state index contributed by atoms with van der Waals surface area (Å²) in [5.74, 6) is 0.813. The zero-order valence-corrected chi connectivity index (χ0v) is 7.92. The lowest BCUT2D eigenvalue weighted by Crippen LogP contribution is -2.28. The van der Waals surface area contributed by atoms with Crippen LogP contribution in [0.2, 0.25) is 0 Å². The average molecular weight is 157 g/mol. The molecule has 0 radical (unpaired) electrons. The molecule has 0 aromatic heterocycles. The van der Waals surface area contributed by atoms with Crippen LogP contribution in [0, 0.1) is 17.8 Å². The van der Waals surface area contributed by atoms with Crippen molar-refractivity contribution in [3.05, 3.63) is 0 Å². The standard InChI is InChI=1S/C9H19NO/c1-6(2)5-8(7(3)4)9(10)11/h6-8H,5H2,1-4H3,(H2,10,11). The Hall–Kier alpha value is -0.530. The van der Waals surface area contributed by atoms with E-state index in [1.165, 1.54) is 0 Å². The highest BCUT2D eigenvalue weighted by molar-refractivity contribution is 5.76. The van der Waals surface area contributed by atoms with E-state index in [2.05, 4.69) is 13.8 Å². The van der Waals surface area contributed by atoms with Crippen LogP contribution in [-0.2, 0) is 4.79 Å². The van der Waals surface area contributed by atoms with Gasteiger partial charge >= 0.3 is 0 Å². The Balaban J connectivity index is 4.01. The van der Waals surface area contributed by atoms with E-state index in [-0.39, 0.29) is 11.8 Å². The fourth-order valence-corrected chi connectivity index (χ4v) is 1.22. The van der Waals surface area contributed by atoms with Crippen LogP contribution in [0.3, 0.4) is 0 Å². The summed E-state index contributed by atoms with van der Waals surface area (Å²) >= 11 is 0. The molecule has 1 unspecified atom stereocenters. The van der Waals surface area contributed by atoms with Crippen LogP contribution in [0.15, 0.2) is 0 Å². The Kier molecular flexibility index (Phi) is 4.16. The van der Waals surface area contributed by atoms with Gasteiger partial charge in [0.05, 0.1) is 0 Å². The van der Waals surface area contributed by atoms with Gasteiger partial charge in [0.25, 0.3) is 0 Å². The van der Waals surface area contributed by atoms with Crippen molar-refractivity contribution in [2.45, 2.75) is 34.1 Å². The number of hydrogen-bond acceptors (Lipinski definition) is 1. The lowest BCUT2D eigenvalue weighted by atomic mass is 9.87. The van der Waals surface area contributed by atoms with Crippen molar-refractivity contribution < 1.29 is 4.79 Å². The second-order valence-electron chi connectivity index (χ2n) is 3.88. The van der Waals surface area contributed by atoms with Gasteiger partial charge in [0.2, 0.25) is 5.91 Å². The minimum atomic E-state index is -0.159. The molecule has 0 aliphatic rings. The number of nitrogens with two attached hydrogens (primary N) is 1. The van der Waals surface area contributed by atoms with Gasteiger partial charge in [-0.1, -0.05) is 27.7 Å². The largest absolute Gasteiger partial charge is 0.369 e. The van der Waals surface area contributed by atoms with Crippen LogP contribution in [0.25, 0.3) is 0 Å². The van der Waals surface area contributed by atoms with E-state index in [1.54, 1.807) is 0 Å². The predicted octanol–water partition coefficient (Wildman–Crippen LogP) is 1.79. The third-order valence-electron chi connectivity index (χ3n) is 1.90. The highest BCUT2D eigenvalue weighted by Gasteiger charge is 2.19. The quantitative estimate of drug-likeness (QED) is 0.664. The molecule has 2 heteroatoms. The summed E-state index contributed by atoms with van der Waals surface area (Å²) in [6.07, 6.45) is 0.910. The molecule has 11 heavy (non-hydrogen) atoms. The minimum Gasteiger partial charge on any atom is -0.369 e. The lowest BCUT2D eigenvalue weighted by molar-refractivity contribution is -0.123. The van der Waals surface area contributed by atoms with Crippen LogP contribution in [0.5, 0.6) is 0 Å². The summed E-state index contributed by atoms with van der Waals surface area (Å²) in [5, 5.41) is 0. The van der Waals surface area contributed by atoms with Crippen molar-refractivity contribution in [1.29, 1.82) is 0 Å². The van der Waals surface area contributed by atoms with Gasteiger partial charge in [-0.25, -0.2) is 0 Å². The Morgan fingerprint density at radius 2 is 1.73 bits per heavy atom. The van der Waals surface area contributed by atoms with Crippen molar-refractivity contribution in [2.24, 2.45) is 23.5 Å². The van der Waals surface area contributed by atoms with Gasteiger partial charge in [0, 0.05) is 5.92 Å². The molecule has 1 atom stereocenters. The van der Waals surface area contributed by atoms with E-state index < -0.39 is 0 Å². The first kappa shape index (κ1) is 10.5. The Bertz CT molecular complexity index is 130.